The number of carbonyl (C=O) groups is 2. The predicted octanol–water partition coefficient (Wildman–Crippen LogP) is 5.69. The molecule has 0 aromatic heterocycles. The zero-order valence-corrected chi connectivity index (χ0v) is 19.9. The molecule has 4 rings (SSSR count). The van der Waals surface area contributed by atoms with Gasteiger partial charge in [0.15, 0.2) is 0 Å². The highest BCUT2D eigenvalue weighted by molar-refractivity contribution is 6.46. The van der Waals surface area contributed by atoms with E-state index >= 15 is 0 Å². The maximum absolute atomic E-state index is 13.6. The fourth-order valence-electron chi connectivity index (χ4n) is 4.33. The normalized spacial score (nSPS) is 13.6. The largest absolute Gasteiger partial charge is 0.372 e. The lowest BCUT2D eigenvalue weighted by Crippen LogP contribution is -2.32. The van der Waals surface area contributed by atoms with Crippen molar-refractivity contribution in [2.24, 2.45) is 0 Å². The molecule has 0 fully saturated rings. The average Bonchev–Trinajstić information content (AvgIpc) is 3.05. The van der Waals surface area contributed by atoms with Crippen LogP contribution in [-0.2, 0) is 9.59 Å². The summed E-state index contributed by atoms with van der Waals surface area (Å²) in [5.74, 6) is -1.29. The predicted molar refractivity (Wildman–Crippen MR) is 135 cm³/mol. The molecule has 1 heterocycles. The van der Waals surface area contributed by atoms with Crippen molar-refractivity contribution >= 4 is 34.4 Å². The number of benzene rings is 3. The van der Waals surface area contributed by atoms with E-state index in [0.717, 1.165) is 29.9 Å². The number of aryl methyl sites for hydroxylation is 2. The van der Waals surface area contributed by atoms with Gasteiger partial charge in [-0.1, -0.05) is 18.2 Å². The molecule has 0 saturated carbocycles. The Bertz CT molecular complexity index is 1240. The molecule has 0 radical (unpaired) electrons. The van der Waals surface area contributed by atoms with Crippen molar-refractivity contribution in [3.8, 4) is 0 Å². The molecule has 1 N–H and O–H groups in total. The maximum Gasteiger partial charge on any atom is 0.282 e. The van der Waals surface area contributed by atoms with Crippen molar-refractivity contribution in [1.82, 2.24) is 0 Å². The Morgan fingerprint density at radius 1 is 0.824 bits per heavy atom. The Balaban J connectivity index is 1.76. The third kappa shape index (κ3) is 4.44. The fourth-order valence-corrected chi connectivity index (χ4v) is 4.33. The van der Waals surface area contributed by atoms with Gasteiger partial charge in [0, 0.05) is 24.5 Å². The summed E-state index contributed by atoms with van der Waals surface area (Å²) in [7, 11) is 0. The van der Waals surface area contributed by atoms with Crippen LogP contribution in [0.4, 0.5) is 21.5 Å². The molecule has 0 unspecified atom stereocenters. The number of imide groups is 1. The third-order valence-electron chi connectivity index (χ3n) is 5.95. The second kappa shape index (κ2) is 9.51. The van der Waals surface area contributed by atoms with Crippen LogP contribution in [0.15, 0.2) is 72.4 Å². The monoisotopic (exact) mass is 457 g/mol. The van der Waals surface area contributed by atoms with E-state index in [2.05, 4.69) is 24.1 Å². The molecule has 1 aliphatic rings. The van der Waals surface area contributed by atoms with Crippen molar-refractivity contribution in [3.63, 3.8) is 0 Å². The lowest BCUT2D eigenvalue weighted by Gasteiger charge is -2.21. The van der Waals surface area contributed by atoms with Gasteiger partial charge < -0.3 is 10.2 Å². The van der Waals surface area contributed by atoms with Gasteiger partial charge in [0.05, 0.1) is 11.3 Å². The van der Waals surface area contributed by atoms with E-state index in [1.165, 1.54) is 29.2 Å². The van der Waals surface area contributed by atoms with Gasteiger partial charge in [0.25, 0.3) is 11.8 Å². The molecule has 3 aromatic carbocycles. The Hall–Kier alpha value is -3.93. The molecule has 6 heteroatoms. The van der Waals surface area contributed by atoms with E-state index < -0.39 is 17.6 Å². The highest BCUT2D eigenvalue weighted by atomic mass is 19.1. The summed E-state index contributed by atoms with van der Waals surface area (Å²) in [5, 5.41) is 3.17. The molecule has 5 nitrogen and oxygen atoms in total. The molecule has 0 saturated heterocycles. The van der Waals surface area contributed by atoms with Gasteiger partial charge in [-0.3, -0.25) is 9.59 Å². The van der Waals surface area contributed by atoms with Gasteiger partial charge in [0.2, 0.25) is 0 Å². The minimum absolute atomic E-state index is 0.173. The van der Waals surface area contributed by atoms with Crippen LogP contribution in [0, 0.1) is 19.7 Å². The molecule has 0 bridgehead atoms. The highest BCUT2D eigenvalue weighted by Crippen LogP contribution is 2.34. The van der Waals surface area contributed by atoms with E-state index in [1.54, 1.807) is 0 Å². The lowest BCUT2D eigenvalue weighted by atomic mass is 10.0. The first kappa shape index (κ1) is 23.2. The molecular weight excluding hydrogens is 429 g/mol. The second-order valence-electron chi connectivity index (χ2n) is 8.39. The van der Waals surface area contributed by atoms with E-state index in [9.17, 15) is 14.0 Å². The number of nitrogens with one attached hydrogen (secondary N) is 1. The highest BCUT2D eigenvalue weighted by Gasteiger charge is 2.40. The fraction of sp³-hybridized carbons (Fsp3) is 0.214. The van der Waals surface area contributed by atoms with E-state index in [0.29, 0.717) is 16.9 Å². The SMILES string of the molecule is CCN(CC)c1ccc(NC2=C(c3ccc(F)cc3)C(=O)N(c3cc(C)cc(C)c3)C2=O)cc1. The Morgan fingerprint density at radius 2 is 1.41 bits per heavy atom. The molecule has 2 amide bonds. The summed E-state index contributed by atoms with van der Waals surface area (Å²) in [6.45, 7) is 9.82. The Labute approximate surface area is 199 Å². The number of amides is 2. The number of carbonyl (C=O) groups excluding carboxylic acids is 2. The number of anilines is 3. The molecule has 0 atom stereocenters. The minimum Gasteiger partial charge on any atom is -0.372 e. The van der Waals surface area contributed by atoms with Crippen LogP contribution < -0.4 is 15.1 Å². The maximum atomic E-state index is 13.6. The summed E-state index contributed by atoms with van der Waals surface area (Å²) >= 11 is 0. The van der Waals surface area contributed by atoms with Gasteiger partial charge >= 0.3 is 0 Å². The quantitative estimate of drug-likeness (QED) is 0.464. The first-order chi connectivity index (χ1) is 16.3. The molecule has 3 aromatic rings. The smallest absolute Gasteiger partial charge is 0.282 e. The van der Waals surface area contributed by atoms with Crippen LogP contribution in [0.1, 0.15) is 30.5 Å². The van der Waals surface area contributed by atoms with Crippen LogP contribution in [0.3, 0.4) is 0 Å². The van der Waals surface area contributed by atoms with Crippen LogP contribution in [0.5, 0.6) is 0 Å². The lowest BCUT2D eigenvalue weighted by molar-refractivity contribution is -0.120. The van der Waals surface area contributed by atoms with Crippen LogP contribution in [-0.4, -0.2) is 24.9 Å². The van der Waals surface area contributed by atoms with Crippen LogP contribution in [0.25, 0.3) is 5.57 Å². The van der Waals surface area contributed by atoms with E-state index in [4.69, 9.17) is 0 Å². The summed E-state index contributed by atoms with van der Waals surface area (Å²) in [6.07, 6.45) is 0. The van der Waals surface area contributed by atoms with Gasteiger partial charge in [-0.05, 0) is 92.9 Å². The topological polar surface area (TPSA) is 52.7 Å². The van der Waals surface area contributed by atoms with Crippen LogP contribution >= 0.6 is 0 Å². The van der Waals surface area contributed by atoms with Crippen molar-refractivity contribution in [2.45, 2.75) is 27.7 Å². The van der Waals surface area contributed by atoms with E-state index in [1.807, 2.05) is 56.3 Å². The van der Waals surface area contributed by atoms with Crippen molar-refractivity contribution < 1.29 is 14.0 Å². The molecule has 1 aliphatic heterocycles. The Morgan fingerprint density at radius 3 is 1.97 bits per heavy atom. The van der Waals surface area contributed by atoms with Gasteiger partial charge in [-0.15, -0.1) is 0 Å². The average molecular weight is 458 g/mol. The van der Waals surface area contributed by atoms with Crippen LogP contribution in [0.2, 0.25) is 0 Å². The van der Waals surface area contributed by atoms with Gasteiger partial charge in [0.1, 0.15) is 11.5 Å². The third-order valence-corrected chi connectivity index (χ3v) is 5.95. The standard InChI is InChI=1S/C28H28FN3O2/c1-5-31(6-2)23-13-11-22(12-14-23)30-26-25(20-7-9-21(29)10-8-20)27(33)32(28(26)34)24-16-18(3)15-19(4)17-24/h7-17,30H,5-6H2,1-4H3. The first-order valence-electron chi connectivity index (χ1n) is 11.4. The summed E-state index contributed by atoms with van der Waals surface area (Å²) in [4.78, 5) is 30.5. The molecule has 0 aliphatic carbocycles. The number of nitrogens with zero attached hydrogens (tertiary/aromatic N) is 2. The van der Waals surface area contributed by atoms with Crippen molar-refractivity contribution in [1.29, 1.82) is 0 Å². The zero-order chi connectivity index (χ0) is 24.4. The number of rotatable bonds is 7. The number of hydrogen-bond acceptors (Lipinski definition) is 4. The number of halogens is 1. The molecule has 174 valence electrons. The first-order valence-corrected chi connectivity index (χ1v) is 11.4. The second-order valence-corrected chi connectivity index (χ2v) is 8.39. The van der Waals surface area contributed by atoms with Gasteiger partial charge in [-0.25, -0.2) is 9.29 Å². The Kier molecular flexibility index (Phi) is 6.50. The molecule has 0 spiro atoms. The molecular formula is C28H28FN3O2. The molecule has 34 heavy (non-hydrogen) atoms. The van der Waals surface area contributed by atoms with E-state index in [-0.39, 0.29) is 11.3 Å². The summed E-state index contributed by atoms with van der Waals surface area (Å²) in [6, 6.07) is 19.0. The summed E-state index contributed by atoms with van der Waals surface area (Å²) < 4.78 is 13.6. The summed E-state index contributed by atoms with van der Waals surface area (Å²) in [5.41, 5.74) is 5.06. The van der Waals surface area contributed by atoms with Crippen molar-refractivity contribution in [3.05, 3.63) is 94.9 Å². The van der Waals surface area contributed by atoms with Crippen molar-refractivity contribution in [2.75, 3.05) is 28.2 Å². The minimum atomic E-state index is -0.442. The zero-order valence-electron chi connectivity index (χ0n) is 19.9. The number of hydrogen-bond donors (Lipinski definition) is 1. The van der Waals surface area contributed by atoms with Gasteiger partial charge in [-0.2, -0.15) is 0 Å².